The zero-order chi connectivity index (χ0) is 16.3. The molecule has 6 heteroatoms. The van der Waals surface area contributed by atoms with Crippen LogP contribution in [0.3, 0.4) is 0 Å². The summed E-state index contributed by atoms with van der Waals surface area (Å²) in [5, 5.41) is 2.80. The molecule has 1 aromatic carbocycles. The monoisotopic (exact) mass is 327 g/mol. The van der Waals surface area contributed by atoms with Gasteiger partial charge in [0.15, 0.2) is 0 Å². The molecule has 1 aromatic heterocycles. The minimum atomic E-state index is -4.39. The van der Waals surface area contributed by atoms with Gasteiger partial charge in [0.2, 0.25) is 0 Å². The Labute approximate surface area is 131 Å². The lowest BCUT2D eigenvalue weighted by Crippen LogP contribution is -2.33. The van der Waals surface area contributed by atoms with Gasteiger partial charge in [-0.05, 0) is 50.2 Å². The number of rotatable bonds is 4. The summed E-state index contributed by atoms with van der Waals surface area (Å²) in [6, 6.07) is 8.17. The summed E-state index contributed by atoms with van der Waals surface area (Å²) < 4.78 is 37.4. The molecule has 118 valence electrons. The third kappa shape index (κ3) is 4.34. The average molecular weight is 327 g/mol. The highest BCUT2D eigenvalue weighted by Crippen LogP contribution is 2.29. The van der Waals surface area contributed by atoms with Gasteiger partial charge in [-0.15, -0.1) is 11.3 Å². The Bertz CT molecular complexity index is 646. The lowest BCUT2D eigenvalue weighted by Gasteiger charge is -2.13. The fourth-order valence-electron chi connectivity index (χ4n) is 2.07. The Hall–Kier alpha value is -1.82. The van der Waals surface area contributed by atoms with Gasteiger partial charge in [0.05, 0.1) is 5.56 Å². The smallest absolute Gasteiger partial charge is 0.349 e. The number of hydrogen-bond acceptors (Lipinski definition) is 2. The minimum Gasteiger partial charge on any atom is -0.349 e. The number of benzene rings is 1. The van der Waals surface area contributed by atoms with E-state index in [2.05, 4.69) is 5.32 Å². The fraction of sp³-hybridized carbons (Fsp3) is 0.312. The molecule has 0 saturated carbocycles. The largest absolute Gasteiger partial charge is 0.416 e. The van der Waals surface area contributed by atoms with E-state index < -0.39 is 11.7 Å². The van der Waals surface area contributed by atoms with E-state index >= 15 is 0 Å². The maximum absolute atomic E-state index is 12.5. The third-order valence-corrected chi connectivity index (χ3v) is 4.18. The molecule has 0 aliphatic carbocycles. The number of thiophene rings is 1. The van der Waals surface area contributed by atoms with Crippen molar-refractivity contribution in [3.05, 3.63) is 57.3 Å². The second-order valence-corrected chi connectivity index (χ2v) is 6.54. The maximum Gasteiger partial charge on any atom is 0.416 e. The normalized spacial score (nSPS) is 13.0. The molecule has 0 spiro atoms. The molecule has 0 bridgehead atoms. The molecule has 2 rings (SSSR count). The van der Waals surface area contributed by atoms with Crippen LogP contribution in [0.1, 0.15) is 32.6 Å². The van der Waals surface area contributed by atoms with Crippen LogP contribution in [0.15, 0.2) is 36.4 Å². The van der Waals surface area contributed by atoms with Gasteiger partial charge < -0.3 is 5.32 Å². The van der Waals surface area contributed by atoms with Crippen molar-refractivity contribution in [2.45, 2.75) is 32.5 Å². The van der Waals surface area contributed by atoms with Crippen LogP contribution in [0.5, 0.6) is 0 Å². The first-order chi connectivity index (χ1) is 10.3. The van der Waals surface area contributed by atoms with Crippen LogP contribution in [-0.4, -0.2) is 11.9 Å². The molecule has 2 aromatic rings. The first kappa shape index (κ1) is 16.5. The van der Waals surface area contributed by atoms with Crippen molar-refractivity contribution in [2.75, 3.05) is 0 Å². The average Bonchev–Trinajstić information content (AvgIpc) is 2.83. The van der Waals surface area contributed by atoms with Crippen molar-refractivity contribution in [2.24, 2.45) is 0 Å². The molecule has 1 unspecified atom stereocenters. The molecule has 0 aliphatic rings. The van der Waals surface area contributed by atoms with Crippen LogP contribution in [-0.2, 0) is 12.6 Å². The van der Waals surface area contributed by atoms with Crippen molar-refractivity contribution >= 4 is 17.2 Å². The van der Waals surface area contributed by atoms with Gasteiger partial charge in [-0.25, -0.2) is 0 Å². The first-order valence-corrected chi connectivity index (χ1v) is 7.61. The molecule has 0 saturated heterocycles. The number of carbonyl (C=O) groups excluding carboxylic acids is 1. The Balaban J connectivity index is 1.96. The number of halogens is 3. The highest BCUT2D eigenvalue weighted by atomic mass is 32.1. The molecule has 2 nitrogen and oxygen atoms in total. The van der Waals surface area contributed by atoms with E-state index in [9.17, 15) is 18.0 Å². The van der Waals surface area contributed by atoms with E-state index in [1.807, 2.05) is 26.0 Å². The zero-order valence-electron chi connectivity index (χ0n) is 12.2. The molecule has 1 atom stereocenters. The van der Waals surface area contributed by atoms with E-state index in [1.54, 1.807) is 11.3 Å². The van der Waals surface area contributed by atoms with Crippen molar-refractivity contribution in [3.8, 4) is 0 Å². The summed E-state index contributed by atoms with van der Waals surface area (Å²) in [7, 11) is 0. The van der Waals surface area contributed by atoms with E-state index in [0.717, 1.165) is 17.0 Å². The van der Waals surface area contributed by atoms with E-state index in [-0.39, 0.29) is 17.5 Å². The second-order valence-electron chi connectivity index (χ2n) is 5.17. The molecule has 22 heavy (non-hydrogen) atoms. The number of amides is 1. The number of aryl methyl sites for hydroxylation is 1. The SMILES string of the molecule is Cc1ccc(CC(C)NC(=O)c2ccc(C(F)(F)F)cc2)s1. The molecular formula is C16H16F3NOS. The van der Waals surface area contributed by atoms with Crippen molar-refractivity contribution in [1.82, 2.24) is 5.32 Å². The van der Waals surface area contributed by atoms with Gasteiger partial charge >= 0.3 is 6.18 Å². The molecule has 1 N–H and O–H groups in total. The Morgan fingerprint density at radius 2 is 1.82 bits per heavy atom. The van der Waals surface area contributed by atoms with Crippen LogP contribution in [0.4, 0.5) is 13.2 Å². The summed E-state index contributed by atoms with van der Waals surface area (Å²) in [5.41, 5.74) is -0.534. The number of carbonyl (C=O) groups is 1. The van der Waals surface area contributed by atoms with Gasteiger partial charge in [0, 0.05) is 27.8 Å². The fourth-order valence-corrected chi connectivity index (χ4v) is 3.08. The molecule has 0 fully saturated rings. The summed E-state index contributed by atoms with van der Waals surface area (Å²) in [6.07, 6.45) is -3.69. The van der Waals surface area contributed by atoms with Gasteiger partial charge in [-0.2, -0.15) is 13.2 Å². The minimum absolute atomic E-state index is 0.0900. The van der Waals surface area contributed by atoms with E-state index in [1.165, 1.54) is 17.0 Å². The van der Waals surface area contributed by atoms with Crippen molar-refractivity contribution in [1.29, 1.82) is 0 Å². The zero-order valence-corrected chi connectivity index (χ0v) is 13.0. The summed E-state index contributed by atoms with van der Waals surface area (Å²) in [6.45, 7) is 3.89. The lowest BCUT2D eigenvalue weighted by molar-refractivity contribution is -0.137. The molecule has 0 radical (unpaired) electrons. The van der Waals surface area contributed by atoms with Crippen LogP contribution in [0.2, 0.25) is 0 Å². The maximum atomic E-state index is 12.5. The highest BCUT2D eigenvalue weighted by Gasteiger charge is 2.30. The standard InChI is InChI=1S/C16H16F3NOS/c1-10(9-14-8-3-11(2)22-14)20-15(21)12-4-6-13(7-5-12)16(17,18)19/h3-8,10H,9H2,1-2H3,(H,20,21). The predicted molar refractivity (Wildman–Crippen MR) is 81.1 cm³/mol. The number of nitrogens with one attached hydrogen (secondary N) is 1. The van der Waals surface area contributed by atoms with Gasteiger partial charge in [0.25, 0.3) is 5.91 Å². The van der Waals surface area contributed by atoms with Gasteiger partial charge in [0.1, 0.15) is 0 Å². The molecule has 0 aliphatic heterocycles. The Morgan fingerprint density at radius 1 is 1.18 bits per heavy atom. The summed E-state index contributed by atoms with van der Waals surface area (Å²) in [4.78, 5) is 14.4. The summed E-state index contributed by atoms with van der Waals surface area (Å²) in [5.74, 6) is -0.366. The molecule has 1 amide bonds. The van der Waals surface area contributed by atoms with Crippen LogP contribution >= 0.6 is 11.3 Å². The van der Waals surface area contributed by atoms with Crippen molar-refractivity contribution in [3.63, 3.8) is 0 Å². The number of alkyl halides is 3. The summed E-state index contributed by atoms with van der Waals surface area (Å²) >= 11 is 1.67. The molecular weight excluding hydrogens is 311 g/mol. The predicted octanol–water partition coefficient (Wildman–Crippen LogP) is 4.44. The first-order valence-electron chi connectivity index (χ1n) is 6.79. The van der Waals surface area contributed by atoms with Crippen LogP contribution < -0.4 is 5.32 Å². The number of hydrogen-bond donors (Lipinski definition) is 1. The highest BCUT2D eigenvalue weighted by molar-refractivity contribution is 7.11. The lowest BCUT2D eigenvalue weighted by atomic mass is 10.1. The van der Waals surface area contributed by atoms with Gasteiger partial charge in [-0.1, -0.05) is 0 Å². The third-order valence-electron chi connectivity index (χ3n) is 3.16. The van der Waals surface area contributed by atoms with Gasteiger partial charge in [-0.3, -0.25) is 4.79 Å². The topological polar surface area (TPSA) is 29.1 Å². The van der Waals surface area contributed by atoms with Crippen LogP contribution in [0, 0.1) is 6.92 Å². The van der Waals surface area contributed by atoms with E-state index in [0.29, 0.717) is 6.42 Å². The Morgan fingerprint density at radius 3 is 2.32 bits per heavy atom. The van der Waals surface area contributed by atoms with Crippen LogP contribution in [0.25, 0.3) is 0 Å². The Kier molecular flexibility index (Phi) is 4.90. The molecule has 1 heterocycles. The van der Waals surface area contributed by atoms with E-state index in [4.69, 9.17) is 0 Å². The quantitative estimate of drug-likeness (QED) is 0.884. The van der Waals surface area contributed by atoms with Crippen molar-refractivity contribution < 1.29 is 18.0 Å². The second kappa shape index (κ2) is 6.52.